The third-order valence-electron chi connectivity index (χ3n) is 6.35. The van der Waals surface area contributed by atoms with Gasteiger partial charge in [0.15, 0.2) is 5.78 Å². The minimum atomic E-state index is -0.840. The average molecular weight is 539 g/mol. The highest BCUT2D eigenvalue weighted by atomic mass is 35.5. The molecule has 190 valence electrons. The Morgan fingerprint density at radius 1 is 1.19 bits per heavy atom. The third-order valence-corrected chi connectivity index (χ3v) is 6.88. The highest BCUT2D eigenvalue weighted by molar-refractivity contribution is 6.33. The predicted octanol–water partition coefficient (Wildman–Crippen LogP) is 4.50. The molecule has 0 radical (unpaired) electrons. The molecule has 1 aromatic carbocycles. The molecule has 0 saturated carbocycles. The lowest BCUT2D eigenvalue weighted by Gasteiger charge is -2.28. The van der Waals surface area contributed by atoms with E-state index in [1.807, 2.05) is 0 Å². The summed E-state index contributed by atoms with van der Waals surface area (Å²) in [4.78, 5) is 42.2. The van der Waals surface area contributed by atoms with E-state index in [4.69, 9.17) is 33.7 Å². The molecule has 10 heteroatoms. The number of nitrogens with zero attached hydrogens (tertiary/aromatic N) is 3. The topological polar surface area (TPSA) is 128 Å². The number of nitriles is 1. The van der Waals surface area contributed by atoms with Crippen LogP contribution in [0.15, 0.2) is 53.6 Å². The summed E-state index contributed by atoms with van der Waals surface area (Å²) in [6.07, 6.45) is 5.69. The molecule has 2 aromatic heterocycles. The van der Waals surface area contributed by atoms with Crippen molar-refractivity contribution in [2.24, 2.45) is 5.73 Å². The standard InChI is InChI=1S/C27H24Cl2N4O4/c28-18-6-5-17(13-30)20(10-18)21-12-26(35)33(15-22(21)29)24(11-19-3-1-2-8-37-19)25(34)9-16-4-7-23(27(31)36)32-14-16/h4-7,10,12,14-15,19,24H,1-3,8-9,11H2,(H2,31,36)/t19-,24?/m0/s1. The van der Waals surface area contributed by atoms with Crippen molar-refractivity contribution in [1.29, 1.82) is 5.26 Å². The number of pyridine rings is 2. The number of carbonyl (C=O) groups excluding carboxylic acids is 2. The Labute approximate surface area is 223 Å². The summed E-state index contributed by atoms with van der Waals surface area (Å²) in [6, 6.07) is 10.4. The van der Waals surface area contributed by atoms with Gasteiger partial charge in [0.1, 0.15) is 5.69 Å². The minimum absolute atomic E-state index is 0.0118. The first-order chi connectivity index (χ1) is 17.8. The van der Waals surface area contributed by atoms with Crippen LogP contribution in [0.1, 0.15) is 53.3 Å². The van der Waals surface area contributed by atoms with E-state index < -0.39 is 17.5 Å². The normalized spacial score (nSPS) is 16.1. The molecule has 1 aliphatic rings. The van der Waals surface area contributed by atoms with Crippen molar-refractivity contribution in [2.75, 3.05) is 6.61 Å². The van der Waals surface area contributed by atoms with E-state index in [9.17, 15) is 19.6 Å². The van der Waals surface area contributed by atoms with Gasteiger partial charge in [-0.1, -0.05) is 29.3 Å². The van der Waals surface area contributed by atoms with E-state index in [-0.39, 0.29) is 29.0 Å². The monoisotopic (exact) mass is 538 g/mol. The summed E-state index contributed by atoms with van der Waals surface area (Å²) in [5.74, 6) is -0.889. The molecule has 37 heavy (non-hydrogen) atoms. The van der Waals surface area contributed by atoms with Crippen molar-refractivity contribution in [3.05, 3.63) is 86.0 Å². The van der Waals surface area contributed by atoms with Gasteiger partial charge in [-0.15, -0.1) is 0 Å². The van der Waals surface area contributed by atoms with Crippen LogP contribution in [0.2, 0.25) is 10.0 Å². The Bertz CT molecular complexity index is 1420. The zero-order chi connectivity index (χ0) is 26.5. The van der Waals surface area contributed by atoms with E-state index in [1.54, 1.807) is 24.3 Å². The summed E-state index contributed by atoms with van der Waals surface area (Å²) in [6.45, 7) is 0.602. The third kappa shape index (κ3) is 6.25. The number of carbonyl (C=O) groups is 2. The minimum Gasteiger partial charge on any atom is -0.378 e. The summed E-state index contributed by atoms with van der Waals surface area (Å²) < 4.78 is 7.19. The van der Waals surface area contributed by atoms with Gasteiger partial charge in [0.2, 0.25) is 0 Å². The molecular weight excluding hydrogens is 515 g/mol. The number of ketones is 1. The van der Waals surface area contributed by atoms with Crippen LogP contribution in [-0.2, 0) is 16.0 Å². The maximum Gasteiger partial charge on any atom is 0.267 e. The number of amides is 1. The number of nitrogens with two attached hydrogens (primary N) is 1. The van der Waals surface area contributed by atoms with Gasteiger partial charge in [-0.05, 0) is 49.1 Å². The Morgan fingerprint density at radius 2 is 2.00 bits per heavy atom. The van der Waals surface area contributed by atoms with Gasteiger partial charge in [0, 0.05) is 54.1 Å². The quantitative estimate of drug-likeness (QED) is 0.449. The fourth-order valence-corrected chi connectivity index (χ4v) is 4.88. The van der Waals surface area contributed by atoms with E-state index >= 15 is 0 Å². The Morgan fingerprint density at radius 3 is 2.65 bits per heavy atom. The number of aromatic nitrogens is 2. The smallest absolute Gasteiger partial charge is 0.267 e. The molecule has 2 atom stereocenters. The lowest BCUT2D eigenvalue weighted by Crippen LogP contribution is -2.34. The Hall–Kier alpha value is -3.51. The summed E-state index contributed by atoms with van der Waals surface area (Å²) in [5, 5.41) is 10.1. The maximum absolute atomic E-state index is 13.5. The van der Waals surface area contributed by atoms with E-state index in [0.717, 1.165) is 19.3 Å². The lowest BCUT2D eigenvalue weighted by atomic mass is 9.95. The predicted molar refractivity (Wildman–Crippen MR) is 140 cm³/mol. The lowest BCUT2D eigenvalue weighted by molar-refractivity contribution is -0.123. The highest BCUT2D eigenvalue weighted by Gasteiger charge is 2.28. The van der Waals surface area contributed by atoms with Crippen LogP contribution in [0.5, 0.6) is 0 Å². The van der Waals surface area contributed by atoms with Crippen molar-refractivity contribution < 1.29 is 14.3 Å². The van der Waals surface area contributed by atoms with Crippen LogP contribution < -0.4 is 11.3 Å². The van der Waals surface area contributed by atoms with Gasteiger partial charge in [0.25, 0.3) is 11.5 Å². The number of Topliss-reactive ketones (excluding diaryl/α,β-unsaturated/α-hetero) is 1. The van der Waals surface area contributed by atoms with E-state index in [1.165, 1.54) is 29.1 Å². The van der Waals surface area contributed by atoms with Crippen LogP contribution >= 0.6 is 23.2 Å². The molecule has 1 unspecified atom stereocenters. The van der Waals surface area contributed by atoms with Crippen molar-refractivity contribution in [1.82, 2.24) is 9.55 Å². The molecule has 3 aromatic rings. The van der Waals surface area contributed by atoms with Gasteiger partial charge in [0.05, 0.1) is 28.8 Å². The van der Waals surface area contributed by atoms with Gasteiger partial charge in [-0.3, -0.25) is 19.4 Å². The molecule has 8 nitrogen and oxygen atoms in total. The molecule has 2 N–H and O–H groups in total. The van der Waals surface area contributed by atoms with Crippen molar-refractivity contribution in [3.63, 3.8) is 0 Å². The molecule has 1 saturated heterocycles. The maximum atomic E-state index is 13.5. The zero-order valence-corrected chi connectivity index (χ0v) is 21.3. The first-order valence-corrected chi connectivity index (χ1v) is 12.5. The number of rotatable bonds is 8. The van der Waals surface area contributed by atoms with Crippen LogP contribution in [0, 0.1) is 11.3 Å². The van der Waals surface area contributed by atoms with Crippen molar-refractivity contribution in [3.8, 4) is 17.2 Å². The van der Waals surface area contributed by atoms with Gasteiger partial charge in [-0.2, -0.15) is 5.26 Å². The molecule has 1 fully saturated rings. The molecule has 3 heterocycles. The SMILES string of the molecule is N#Cc1ccc(Cl)cc1-c1cc(=O)n(C(C[C@@H]2CCCCO2)C(=O)Cc2ccc(C(N)=O)nc2)cc1Cl. The first kappa shape index (κ1) is 26.6. The first-order valence-electron chi connectivity index (χ1n) is 11.8. The number of halogens is 2. The molecule has 1 amide bonds. The van der Waals surface area contributed by atoms with Crippen LogP contribution in [0.3, 0.4) is 0 Å². The van der Waals surface area contributed by atoms with Gasteiger partial charge >= 0.3 is 0 Å². The molecule has 0 aliphatic carbocycles. The number of ether oxygens (including phenoxy) is 1. The largest absolute Gasteiger partial charge is 0.378 e. The molecule has 0 bridgehead atoms. The van der Waals surface area contributed by atoms with Gasteiger partial charge < -0.3 is 15.0 Å². The zero-order valence-electron chi connectivity index (χ0n) is 19.8. The highest BCUT2D eigenvalue weighted by Crippen LogP contribution is 2.32. The summed E-state index contributed by atoms with van der Waals surface area (Å²) in [5.41, 5.74) is 6.59. The Balaban J connectivity index is 1.70. The van der Waals surface area contributed by atoms with Crippen LogP contribution in [0.4, 0.5) is 0 Å². The van der Waals surface area contributed by atoms with Crippen molar-refractivity contribution >= 4 is 34.9 Å². The van der Waals surface area contributed by atoms with Crippen molar-refractivity contribution in [2.45, 2.75) is 44.2 Å². The average Bonchev–Trinajstić information content (AvgIpc) is 2.89. The van der Waals surface area contributed by atoms with E-state index in [0.29, 0.717) is 40.3 Å². The van der Waals surface area contributed by atoms with Crippen LogP contribution in [0.25, 0.3) is 11.1 Å². The second kappa shape index (κ2) is 11.7. The molecular formula is C27H24Cl2N4O4. The summed E-state index contributed by atoms with van der Waals surface area (Å²) in [7, 11) is 0. The Kier molecular flexibility index (Phi) is 8.39. The molecule has 1 aliphatic heterocycles. The van der Waals surface area contributed by atoms with Gasteiger partial charge in [-0.25, -0.2) is 0 Å². The van der Waals surface area contributed by atoms with Crippen LogP contribution in [-0.4, -0.2) is 34.0 Å². The van der Waals surface area contributed by atoms with E-state index in [2.05, 4.69) is 11.1 Å². The second-order valence-corrected chi connectivity index (χ2v) is 9.73. The molecule has 4 rings (SSSR count). The number of hydrogen-bond donors (Lipinski definition) is 1. The number of primary amides is 1. The number of hydrogen-bond acceptors (Lipinski definition) is 6. The summed E-state index contributed by atoms with van der Waals surface area (Å²) >= 11 is 12.7. The molecule has 0 spiro atoms. The fourth-order valence-electron chi connectivity index (χ4n) is 4.45. The number of benzene rings is 1. The fraction of sp³-hybridized carbons (Fsp3) is 0.296. The second-order valence-electron chi connectivity index (χ2n) is 8.88.